The number of hydrogen-bond acceptors (Lipinski definition) is 10. The molecule has 0 bridgehead atoms. The fraction of sp³-hybridized carbons (Fsp3) is 0.304. The monoisotopic (exact) mass is 501 g/mol. The van der Waals surface area contributed by atoms with Gasteiger partial charge in [-0.05, 0) is 51.6 Å². The number of anilines is 1. The number of nitrogens with zero attached hydrogens (tertiary/aromatic N) is 2. The Morgan fingerprint density at radius 2 is 2.03 bits per heavy atom. The van der Waals surface area contributed by atoms with E-state index in [9.17, 15) is 14.9 Å². The number of carbonyl (C=O) groups excluding carboxylic acids is 2. The number of hydrogen-bond donors (Lipinski definition) is 1. The molecule has 3 aromatic rings. The van der Waals surface area contributed by atoms with E-state index in [0.717, 1.165) is 21.9 Å². The summed E-state index contributed by atoms with van der Waals surface area (Å²) in [7, 11) is 0. The second-order valence-electron chi connectivity index (χ2n) is 7.81. The number of nitrogens with one attached hydrogen (secondary N) is 1. The Hall–Kier alpha value is -3.00. The molecule has 1 N–H and O–H groups in total. The maximum atomic E-state index is 12.7. The molecule has 0 saturated carbocycles. The van der Waals surface area contributed by atoms with Gasteiger partial charge in [0.15, 0.2) is 0 Å². The van der Waals surface area contributed by atoms with Gasteiger partial charge in [0.05, 0.1) is 22.7 Å². The van der Waals surface area contributed by atoms with E-state index in [-0.39, 0.29) is 12.2 Å². The molecule has 0 radical (unpaired) electrons. The lowest BCUT2D eigenvalue weighted by Gasteiger charge is -2.19. The first-order valence-corrected chi connectivity index (χ1v) is 12.6. The highest BCUT2D eigenvalue weighted by Crippen LogP contribution is 2.36. The van der Waals surface area contributed by atoms with E-state index in [2.05, 4.69) is 16.4 Å². The molecular weight excluding hydrogens is 478 g/mol. The van der Waals surface area contributed by atoms with Gasteiger partial charge in [0.1, 0.15) is 32.1 Å². The summed E-state index contributed by atoms with van der Waals surface area (Å²) in [5, 5.41) is 17.5. The zero-order chi connectivity index (χ0) is 24.2. The number of thiazole rings is 1. The van der Waals surface area contributed by atoms with Gasteiger partial charge in [-0.1, -0.05) is 6.07 Å². The molecule has 33 heavy (non-hydrogen) atoms. The number of ether oxygens (including phenoxy) is 2. The van der Waals surface area contributed by atoms with Gasteiger partial charge >= 0.3 is 11.9 Å². The van der Waals surface area contributed by atoms with E-state index < -0.39 is 17.5 Å². The van der Waals surface area contributed by atoms with Crippen molar-refractivity contribution in [2.45, 2.75) is 40.2 Å². The summed E-state index contributed by atoms with van der Waals surface area (Å²) in [6, 6.07) is 6.06. The summed E-state index contributed by atoms with van der Waals surface area (Å²) in [6.07, 6.45) is 1.49. The summed E-state index contributed by atoms with van der Waals surface area (Å²) in [5.41, 5.74) is 1.15. The van der Waals surface area contributed by atoms with Gasteiger partial charge in [0.25, 0.3) is 0 Å². The summed E-state index contributed by atoms with van der Waals surface area (Å²) in [6.45, 7) is 8.91. The van der Waals surface area contributed by atoms with Crippen molar-refractivity contribution in [3.8, 4) is 16.6 Å². The normalized spacial score (nSPS) is 11.7. The molecule has 0 aliphatic heterocycles. The van der Waals surface area contributed by atoms with Crippen LogP contribution < -0.4 is 5.32 Å². The van der Waals surface area contributed by atoms with Gasteiger partial charge in [-0.15, -0.1) is 34.0 Å². The highest BCUT2D eigenvalue weighted by atomic mass is 32.1. The summed E-state index contributed by atoms with van der Waals surface area (Å²) in [5.74, 6) is -1.07. The van der Waals surface area contributed by atoms with Gasteiger partial charge in [0, 0.05) is 11.6 Å². The van der Waals surface area contributed by atoms with Crippen LogP contribution in [0.25, 0.3) is 16.1 Å². The standard InChI is InChI=1S/C23H23N3O4S3/c1-6-29-21(27)17-13(2)18(22(28)30-23(3,4)5)33-20(17)25-11-14(10-24)19-26-15(12-32-19)16-8-7-9-31-16/h7-9,11-12,25H,6H2,1-5H3/b14-11+. The summed E-state index contributed by atoms with van der Waals surface area (Å²) < 4.78 is 10.7. The molecule has 0 aliphatic rings. The molecule has 0 aliphatic carbocycles. The predicted octanol–water partition coefficient (Wildman–Crippen LogP) is 6.35. The van der Waals surface area contributed by atoms with Crippen molar-refractivity contribution < 1.29 is 19.1 Å². The Morgan fingerprint density at radius 3 is 2.64 bits per heavy atom. The molecule has 3 heterocycles. The Bertz CT molecular complexity index is 1220. The Balaban J connectivity index is 1.94. The number of rotatable bonds is 7. The van der Waals surface area contributed by atoms with Crippen LogP contribution in [0.5, 0.6) is 0 Å². The third-order valence-electron chi connectivity index (χ3n) is 4.19. The Kier molecular flexibility index (Phi) is 7.68. The maximum Gasteiger partial charge on any atom is 0.349 e. The van der Waals surface area contributed by atoms with Gasteiger partial charge in [-0.2, -0.15) is 5.26 Å². The lowest BCUT2D eigenvalue weighted by atomic mass is 10.1. The fourth-order valence-electron chi connectivity index (χ4n) is 2.80. The van der Waals surface area contributed by atoms with E-state index in [1.54, 1.807) is 46.0 Å². The van der Waals surface area contributed by atoms with Crippen molar-refractivity contribution in [1.29, 1.82) is 5.26 Å². The van der Waals surface area contributed by atoms with Gasteiger partial charge in [-0.25, -0.2) is 14.6 Å². The zero-order valence-electron chi connectivity index (χ0n) is 18.8. The van der Waals surface area contributed by atoms with Crippen LogP contribution in [0.15, 0.2) is 29.1 Å². The first-order chi connectivity index (χ1) is 15.6. The van der Waals surface area contributed by atoms with Gasteiger partial charge < -0.3 is 14.8 Å². The van der Waals surface area contributed by atoms with Crippen molar-refractivity contribution in [3.05, 3.63) is 50.1 Å². The molecular formula is C23H23N3O4S3. The van der Waals surface area contributed by atoms with Crippen molar-refractivity contribution in [2.75, 3.05) is 11.9 Å². The smallest absolute Gasteiger partial charge is 0.349 e. The van der Waals surface area contributed by atoms with Crippen LogP contribution in [-0.2, 0) is 9.47 Å². The van der Waals surface area contributed by atoms with Gasteiger partial charge in [-0.3, -0.25) is 0 Å². The molecule has 0 saturated heterocycles. The number of allylic oxidation sites excluding steroid dienone is 1. The van der Waals surface area contributed by atoms with Crippen molar-refractivity contribution in [1.82, 2.24) is 4.98 Å². The molecule has 172 valence electrons. The summed E-state index contributed by atoms with van der Waals surface area (Å²) >= 11 is 4.01. The predicted molar refractivity (Wildman–Crippen MR) is 133 cm³/mol. The first-order valence-electron chi connectivity index (χ1n) is 10.0. The Labute approximate surface area is 204 Å². The lowest BCUT2D eigenvalue weighted by molar-refractivity contribution is 0.00745. The molecule has 0 fully saturated rings. The van der Waals surface area contributed by atoms with Crippen LogP contribution >= 0.6 is 34.0 Å². The molecule has 0 aromatic carbocycles. The minimum absolute atomic E-state index is 0.194. The molecule has 0 atom stereocenters. The molecule has 3 rings (SSSR count). The van der Waals surface area contributed by atoms with Crippen LogP contribution in [0.2, 0.25) is 0 Å². The summed E-state index contributed by atoms with van der Waals surface area (Å²) in [4.78, 5) is 31.2. The van der Waals surface area contributed by atoms with Crippen LogP contribution in [0.4, 0.5) is 5.00 Å². The van der Waals surface area contributed by atoms with Crippen molar-refractivity contribution in [3.63, 3.8) is 0 Å². The SMILES string of the molecule is CCOC(=O)c1c(N/C=C(\C#N)c2nc(-c3cccs3)cs2)sc(C(=O)OC(C)(C)C)c1C. The third kappa shape index (κ3) is 5.87. The van der Waals surface area contributed by atoms with Gasteiger partial charge in [0.2, 0.25) is 0 Å². The molecule has 0 spiro atoms. The minimum Gasteiger partial charge on any atom is -0.462 e. The van der Waals surface area contributed by atoms with E-state index >= 15 is 0 Å². The van der Waals surface area contributed by atoms with E-state index in [1.807, 2.05) is 22.9 Å². The second kappa shape index (κ2) is 10.3. The highest BCUT2D eigenvalue weighted by molar-refractivity contribution is 7.18. The number of carbonyl (C=O) groups is 2. The van der Waals surface area contributed by atoms with E-state index in [0.29, 0.717) is 26.0 Å². The molecule has 0 unspecified atom stereocenters. The fourth-order valence-corrected chi connectivity index (χ4v) is 5.38. The number of esters is 2. The zero-order valence-corrected chi connectivity index (χ0v) is 21.3. The highest BCUT2D eigenvalue weighted by Gasteiger charge is 2.28. The number of thiophene rings is 2. The maximum absolute atomic E-state index is 12.7. The largest absolute Gasteiger partial charge is 0.462 e. The van der Waals surface area contributed by atoms with Crippen LogP contribution in [0.1, 0.15) is 58.3 Å². The number of aromatic nitrogens is 1. The van der Waals surface area contributed by atoms with Crippen LogP contribution in [-0.4, -0.2) is 29.1 Å². The molecule has 7 nitrogen and oxygen atoms in total. The Morgan fingerprint density at radius 1 is 1.27 bits per heavy atom. The van der Waals surface area contributed by atoms with E-state index in [4.69, 9.17) is 9.47 Å². The van der Waals surface area contributed by atoms with Crippen LogP contribution in [0.3, 0.4) is 0 Å². The third-order valence-corrected chi connectivity index (χ3v) is 7.16. The topological polar surface area (TPSA) is 101 Å². The number of nitriles is 1. The average Bonchev–Trinajstić information content (AvgIpc) is 3.47. The second-order valence-corrected chi connectivity index (χ2v) is 10.6. The molecule has 10 heteroatoms. The lowest BCUT2D eigenvalue weighted by Crippen LogP contribution is -2.23. The average molecular weight is 502 g/mol. The van der Waals surface area contributed by atoms with E-state index in [1.165, 1.54) is 17.5 Å². The first kappa shape index (κ1) is 24.6. The van der Waals surface area contributed by atoms with Crippen molar-refractivity contribution in [2.24, 2.45) is 0 Å². The minimum atomic E-state index is -0.676. The van der Waals surface area contributed by atoms with Crippen LogP contribution in [0, 0.1) is 18.3 Å². The van der Waals surface area contributed by atoms with Crippen molar-refractivity contribution >= 4 is 56.5 Å². The molecule has 3 aromatic heterocycles. The quantitative estimate of drug-likeness (QED) is 0.297. The molecule has 0 amide bonds.